The van der Waals surface area contributed by atoms with E-state index in [1.54, 1.807) is 18.2 Å². The first kappa shape index (κ1) is 17.5. The van der Waals surface area contributed by atoms with Crippen LogP contribution < -0.4 is 0 Å². The largest absolute Gasteiger partial charge is 0.356 e. The molecule has 2 aliphatic heterocycles. The van der Waals surface area contributed by atoms with Crippen LogP contribution >= 0.6 is 27.5 Å². The van der Waals surface area contributed by atoms with E-state index in [0.717, 1.165) is 29.8 Å². The van der Waals surface area contributed by atoms with Crippen LogP contribution in [0.3, 0.4) is 0 Å². The molecule has 1 atom stereocenters. The first-order valence-corrected chi connectivity index (χ1v) is 9.35. The zero-order valence-corrected chi connectivity index (χ0v) is 16.3. The smallest absolute Gasteiger partial charge is 0.255 e. The number of rotatable bonds is 1. The van der Waals surface area contributed by atoms with E-state index in [2.05, 4.69) is 39.7 Å². The van der Waals surface area contributed by atoms with Gasteiger partial charge in [-0.2, -0.15) is 0 Å². The molecule has 0 radical (unpaired) electrons. The van der Waals surface area contributed by atoms with Crippen molar-refractivity contribution >= 4 is 39.3 Å². The number of aliphatic imine (C=N–C) groups is 1. The van der Waals surface area contributed by atoms with Gasteiger partial charge in [0.1, 0.15) is 5.84 Å². The van der Waals surface area contributed by atoms with Crippen molar-refractivity contribution in [3.63, 3.8) is 0 Å². The van der Waals surface area contributed by atoms with Gasteiger partial charge in [0, 0.05) is 47.8 Å². The van der Waals surface area contributed by atoms with Crippen molar-refractivity contribution in [2.24, 2.45) is 10.9 Å². The number of halogens is 2. The number of hydrogen-bond acceptors (Lipinski definition) is 3. The van der Waals surface area contributed by atoms with Crippen LogP contribution in [0.15, 0.2) is 39.4 Å². The van der Waals surface area contributed by atoms with Crippen molar-refractivity contribution in [3.05, 3.63) is 45.0 Å². The van der Waals surface area contributed by atoms with E-state index in [-0.39, 0.29) is 5.91 Å². The van der Waals surface area contributed by atoms with Gasteiger partial charge >= 0.3 is 0 Å². The van der Waals surface area contributed by atoms with Crippen LogP contribution in [0.4, 0.5) is 0 Å². The molecule has 4 nitrogen and oxygen atoms in total. The normalized spacial score (nSPS) is 21.4. The van der Waals surface area contributed by atoms with E-state index >= 15 is 0 Å². The summed E-state index contributed by atoms with van der Waals surface area (Å²) in [6.07, 6.45) is 3.04. The lowest BCUT2D eigenvalue weighted by molar-refractivity contribution is 0.0688. The average Bonchev–Trinajstić information content (AvgIpc) is 2.54. The van der Waals surface area contributed by atoms with Gasteiger partial charge in [0.05, 0.1) is 5.56 Å². The molecule has 0 bridgehead atoms. The van der Waals surface area contributed by atoms with Gasteiger partial charge in [-0.1, -0.05) is 24.1 Å². The number of carbonyl (C=O) groups excluding carboxylic acids is 1. The van der Waals surface area contributed by atoms with E-state index < -0.39 is 0 Å². The van der Waals surface area contributed by atoms with Crippen molar-refractivity contribution in [2.45, 2.75) is 20.3 Å². The minimum absolute atomic E-state index is 0.0487. The fourth-order valence-corrected chi connectivity index (χ4v) is 4.15. The summed E-state index contributed by atoms with van der Waals surface area (Å²) in [5.41, 5.74) is 1.99. The van der Waals surface area contributed by atoms with Gasteiger partial charge in [-0.3, -0.25) is 4.79 Å². The molecular weight excluding hydrogens is 390 g/mol. The molecule has 1 amide bonds. The Labute approximate surface area is 156 Å². The van der Waals surface area contributed by atoms with Crippen molar-refractivity contribution < 1.29 is 4.79 Å². The van der Waals surface area contributed by atoms with Crippen LogP contribution in [0, 0.1) is 5.92 Å². The summed E-state index contributed by atoms with van der Waals surface area (Å²) in [6.45, 7) is 7.42. The molecule has 1 unspecified atom stereocenters. The molecule has 1 aromatic carbocycles. The molecule has 6 heteroatoms. The maximum atomic E-state index is 12.7. The van der Waals surface area contributed by atoms with Crippen LogP contribution in [-0.4, -0.2) is 47.7 Å². The minimum Gasteiger partial charge on any atom is -0.356 e. The third-order valence-electron chi connectivity index (χ3n) is 4.54. The summed E-state index contributed by atoms with van der Waals surface area (Å²) in [7, 11) is 0. The molecule has 0 N–H and O–H groups in total. The van der Waals surface area contributed by atoms with Crippen LogP contribution in [0.1, 0.15) is 30.6 Å². The Balaban J connectivity index is 1.66. The maximum absolute atomic E-state index is 12.7. The standard InChI is InChI=1S/C18H21BrClN3O/c1-12-9-13(2)17(21-11-12)22-5-7-23(8-6-22)18(24)15-4-3-14(20)10-16(15)19/h3-4,10-11,13H,5-9H2,1-2H3. The zero-order valence-electron chi connectivity index (χ0n) is 13.9. The topological polar surface area (TPSA) is 35.9 Å². The Bertz CT molecular complexity index is 708. The number of amides is 1. The average molecular weight is 411 g/mol. The van der Waals surface area contributed by atoms with Crippen LogP contribution in [0.25, 0.3) is 0 Å². The van der Waals surface area contributed by atoms with Crippen molar-refractivity contribution in [1.29, 1.82) is 0 Å². The number of benzene rings is 1. The lowest BCUT2D eigenvalue weighted by atomic mass is 9.98. The summed E-state index contributed by atoms with van der Waals surface area (Å²) >= 11 is 9.39. The highest BCUT2D eigenvalue weighted by molar-refractivity contribution is 9.10. The van der Waals surface area contributed by atoms with Crippen molar-refractivity contribution in [3.8, 4) is 0 Å². The lowest BCUT2D eigenvalue weighted by Gasteiger charge is -2.39. The molecule has 1 saturated heterocycles. The molecule has 0 aromatic heterocycles. The molecular formula is C18H21BrClN3O. The Morgan fingerprint density at radius 3 is 2.62 bits per heavy atom. The second-order valence-corrected chi connectivity index (χ2v) is 7.76. The predicted octanol–water partition coefficient (Wildman–Crippen LogP) is 4.20. The maximum Gasteiger partial charge on any atom is 0.255 e. The lowest BCUT2D eigenvalue weighted by Crippen LogP contribution is -2.52. The molecule has 0 spiro atoms. The van der Waals surface area contributed by atoms with Crippen molar-refractivity contribution in [2.75, 3.05) is 26.2 Å². The highest BCUT2D eigenvalue weighted by Gasteiger charge is 2.27. The Hall–Kier alpha value is -1.33. The Morgan fingerprint density at radius 2 is 2.00 bits per heavy atom. The van der Waals surface area contributed by atoms with E-state index in [1.165, 1.54) is 5.57 Å². The fourth-order valence-electron chi connectivity index (χ4n) is 3.30. The number of hydrogen-bond donors (Lipinski definition) is 0. The van der Waals surface area contributed by atoms with E-state index in [0.29, 0.717) is 29.6 Å². The molecule has 1 aromatic rings. The Kier molecular flexibility index (Phi) is 5.30. The third kappa shape index (κ3) is 3.67. The predicted molar refractivity (Wildman–Crippen MR) is 102 cm³/mol. The third-order valence-corrected chi connectivity index (χ3v) is 5.43. The molecule has 128 valence electrons. The van der Waals surface area contributed by atoms with Gasteiger partial charge in [-0.05, 0) is 47.5 Å². The second-order valence-electron chi connectivity index (χ2n) is 6.47. The fraction of sp³-hybridized carbons (Fsp3) is 0.444. The zero-order chi connectivity index (χ0) is 17.3. The van der Waals surface area contributed by atoms with E-state index in [1.807, 2.05) is 11.1 Å². The first-order chi connectivity index (χ1) is 11.5. The molecule has 2 aliphatic rings. The quantitative estimate of drug-likeness (QED) is 0.695. The molecule has 1 fully saturated rings. The van der Waals surface area contributed by atoms with Gasteiger partial charge in [0.2, 0.25) is 0 Å². The second kappa shape index (κ2) is 7.28. The van der Waals surface area contributed by atoms with E-state index in [9.17, 15) is 4.79 Å². The van der Waals surface area contributed by atoms with Gasteiger partial charge in [-0.15, -0.1) is 0 Å². The number of carbonyl (C=O) groups is 1. The van der Waals surface area contributed by atoms with Crippen molar-refractivity contribution in [1.82, 2.24) is 9.80 Å². The number of allylic oxidation sites excluding steroid dienone is 1. The first-order valence-electron chi connectivity index (χ1n) is 8.18. The summed E-state index contributed by atoms with van der Waals surface area (Å²) in [6, 6.07) is 5.29. The summed E-state index contributed by atoms with van der Waals surface area (Å²) in [5.74, 6) is 1.65. The van der Waals surface area contributed by atoms with Gasteiger partial charge in [0.25, 0.3) is 5.91 Å². The summed E-state index contributed by atoms with van der Waals surface area (Å²) in [4.78, 5) is 21.6. The van der Waals surface area contributed by atoms with Crippen LogP contribution in [-0.2, 0) is 0 Å². The van der Waals surface area contributed by atoms with Crippen LogP contribution in [0.5, 0.6) is 0 Å². The molecule has 0 saturated carbocycles. The monoisotopic (exact) mass is 409 g/mol. The van der Waals surface area contributed by atoms with Gasteiger partial charge < -0.3 is 9.80 Å². The highest BCUT2D eigenvalue weighted by Crippen LogP contribution is 2.24. The van der Waals surface area contributed by atoms with Gasteiger partial charge in [-0.25, -0.2) is 4.99 Å². The number of piperazine rings is 1. The Morgan fingerprint density at radius 1 is 1.29 bits per heavy atom. The molecule has 3 rings (SSSR count). The minimum atomic E-state index is 0.0487. The highest BCUT2D eigenvalue weighted by atomic mass is 79.9. The van der Waals surface area contributed by atoms with Gasteiger partial charge in [0.15, 0.2) is 0 Å². The van der Waals surface area contributed by atoms with Crippen LogP contribution in [0.2, 0.25) is 5.02 Å². The molecule has 2 heterocycles. The summed E-state index contributed by atoms with van der Waals surface area (Å²) in [5, 5.41) is 0.621. The number of nitrogens with zero attached hydrogens (tertiary/aromatic N) is 3. The summed E-state index contributed by atoms with van der Waals surface area (Å²) < 4.78 is 0.744. The van der Waals surface area contributed by atoms with E-state index in [4.69, 9.17) is 11.6 Å². The SMILES string of the molecule is CC1=CN=C(N2CCN(C(=O)c3ccc(Cl)cc3Br)CC2)C(C)C1. The number of amidine groups is 1. The molecule has 24 heavy (non-hydrogen) atoms. The molecule has 0 aliphatic carbocycles.